The van der Waals surface area contributed by atoms with Crippen molar-refractivity contribution in [2.45, 2.75) is 37.5 Å². The van der Waals surface area contributed by atoms with Crippen LogP contribution in [0.15, 0.2) is 24.3 Å². The number of hydrogen-bond donors (Lipinski definition) is 2. The minimum absolute atomic E-state index is 0.170. The van der Waals surface area contributed by atoms with Crippen LogP contribution in [0.2, 0.25) is 0 Å². The predicted molar refractivity (Wildman–Crippen MR) is 76.5 cm³/mol. The van der Waals surface area contributed by atoms with Gasteiger partial charge < -0.3 is 14.9 Å². The van der Waals surface area contributed by atoms with E-state index in [0.717, 1.165) is 18.4 Å². The van der Waals surface area contributed by atoms with E-state index in [4.69, 9.17) is 4.74 Å². The summed E-state index contributed by atoms with van der Waals surface area (Å²) < 4.78 is 5.20. The van der Waals surface area contributed by atoms with Crippen molar-refractivity contribution in [2.75, 3.05) is 7.11 Å². The summed E-state index contributed by atoms with van der Waals surface area (Å²) in [5, 5.41) is 18.8. The molecule has 0 saturated heterocycles. The molecule has 1 fully saturated rings. The van der Waals surface area contributed by atoms with Crippen molar-refractivity contribution in [1.82, 2.24) is 0 Å². The van der Waals surface area contributed by atoms with Crippen molar-refractivity contribution < 1.29 is 24.5 Å². The van der Waals surface area contributed by atoms with Gasteiger partial charge >= 0.3 is 11.9 Å². The molecule has 0 heterocycles. The topological polar surface area (TPSA) is 83.8 Å². The Morgan fingerprint density at radius 1 is 1.33 bits per heavy atom. The van der Waals surface area contributed by atoms with Crippen molar-refractivity contribution in [2.24, 2.45) is 5.92 Å². The fourth-order valence-electron chi connectivity index (χ4n) is 3.46. The van der Waals surface area contributed by atoms with E-state index in [2.05, 4.69) is 0 Å². The first-order valence-electron chi connectivity index (χ1n) is 7.09. The molecule has 2 rings (SSSR count). The lowest BCUT2D eigenvalue weighted by Crippen LogP contribution is -2.44. The Bertz CT molecular complexity index is 539. The quantitative estimate of drug-likeness (QED) is 0.871. The molecule has 0 bridgehead atoms. The van der Waals surface area contributed by atoms with Crippen LogP contribution in [-0.4, -0.2) is 29.3 Å². The Labute approximate surface area is 123 Å². The molecular weight excluding hydrogens is 272 g/mol. The molecule has 2 atom stereocenters. The molecule has 1 aromatic rings. The van der Waals surface area contributed by atoms with E-state index in [1.165, 1.54) is 0 Å². The highest BCUT2D eigenvalue weighted by Gasteiger charge is 2.47. The van der Waals surface area contributed by atoms with Crippen LogP contribution < -0.4 is 4.74 Å². The summed E-state index contributed by atoms with van der Waals surface area (Å²) in [5.74, 6) is -1.94. The molecule has 1 saturated carbocycles. The zero-order valence-electron chi connectivity index (χ0n) is 12.0. The van der Waals surface area contributed by atoms with Crippen molar-refractivity contribution in [3.8, 4) is 5.75 Å². The average molecular weight is 292 g/mol. The second kappa shape index (κ2) is 6.16. The number of hydrogen-bond acceptors (Lipinski definition) is 3. The second-order valence-corrected chi connectivity index (χ2v) is 5.60. The minimum Gasteiger partial charge on any atom is -0.497 e. The molecule has 0 aliphatic heterocycles. The van der Waals surface area contributed by atoms with Crippen LogP contribution in [0.5, 0.6) is 5.75 Å². The van der Waals surface area contributed by atoms with Gasteiger partial charge in [0.15, 0.2) is 0 Å². The lowest BCUT2D eigenvalue weighted by Gasteiger charge is -2.41. The van der Waals surface area contributed by atoms with Crippen molar-refractivity contribution in [1.29, 1.82) is 0 Å². The third-order valence-corrected chi connectivity index (χ3v) is 4.44. The zero-order chi connectivity index (χ0) is 15.5. The summed E-state index contributed by atoms with van der Waals surface area (Å²) in [5.41, 5.74) is -0.110. The lowest BCUT2D eigenvalue weighted by atomic mass is 9.61. The minimum atomic E-state index is -0.967. The van der Waals surface area contributed by atoms with Crippen LogP contribution in [0.4, 0.5) is 0 Å². The van der Waals surface area contributed by atoms with E-state index >= 15 is 0 Å². The molecule has 5 heteroatoms. The Morgan fingerprint density at radius 2 is 2.10 bits per heavy atom. The van der Waals surface area contributed by atoms with E-state index < -0.39 is 23.3 Å². The summed E-state index contributed by atoms with van der Waals surface area (Å²) >= 11 is 0. The molecule has 1 aliphatic carbocycles. The van der Waals surface area contributed by atoms with Crippen LogP contribution in [0.3, 0.4) is 0 Å². The maximum atomic E-state index is 11.7. The van der Waals surface area contributed by atoms with Gasteiger partial charge in [0.05, 0.1) is 19.4 Å². The number of benzene rings is 1. The first kappa shape index (κ1) is 15.4. The maximum Gasteiger partial charge on any atom is 0.307 e. The summed E-state index contributed by atoms with van der Waals surface area (Å²) in [7, 11) is 1.54. The second-order valence-electron chi connectivity index (χ2n) is 5.60. The summed E-state index contributed by atoms with van der Waals surface area (Å²) in [6.07, 6.45) is 2.58. The van der Waals surface area contributed by atoms with Gasteiger partial charge in [-0.1, -0.05) is 25.0 Å². The zero-order valence-corrected chi connectivity index (χ0v) is 12.0. The first-order valence-corrected chi connectivity index (χ1v) is 7.09. The van der Waals surface area contributed by atoms with Gasteiger partial charge in [0, 0.05) is 5.41 Å². The summed E-state index contributed by atoms with van der Waals surface area (Å²) in [6, 6.07) is 7.14. The Kier molecular flexibility index (Phi) is 4.50. The molecule has 114 valence electrons. The van der Waals surface area contributed by atoms with E-state index in [1.54, 1.807) is 25.3 Å². The number of carbonyl (C=O) groups is 2. The van der Waals surface area contributed by atoms with E-state index in [-0.39, 0.29) is 6.42 Å². The lowest BCUT2D eigenvalue weighted by molar-refractivity contribution is -0.148. The van der Waals surface area contributed by atoms with Gasteiger partial charge in [-0.3, -0.25) is 9.59 Å². The van der Waals surface area contributed by atoms with Gasteiger partial charge in [0.1, 0.15) is 5.75 Å². The molecule has 21 heavy (non-hydrogen) atoms. The van der Waals surface area contributed by atoms with Gasteiger partial charge in [0.25, 0.3) is 0 Å². The van der Waals surface area contributed by atoms with Gasteiger partial charge in [0.2, 0.25) is 0 Å². The highest BCUT2D eigenvalue weighted by atomic mass is 16.5. The van der Waals surface area contributed by atoms with Crippen molar-refractivity contribution in [3.05, 3.63) is 29.8 Å². The molecule has 0 unspecified atom stereocenters. The highest BCUT2D eigenvalue weighted by Crippen LogP contribution is 2.47. The molecular formula is C16H20O5. The molecule has 1 aliphatic rings. The summed E-state index contributed by atoms with van der Waals surface area (Å²) in [6.45, 7) is 0. The van der Waals surface area contributed by atoms with E-state index in [9.17, 15) is 19.8 Å². The van der Waals surface area contributed by atoms with Crippen LogP contribution in [0.25, 0.3) is 0 Å². The van der Waals surface area contributed by atoms with Gasteiger partial charge in [-0.2, -0.15) is 0 Å². The molecule has 1 aromatic carbocycles. The van der Waals surface area contributed by atoms with Gasteiger partial charge in [-0.15, -0.1) is 0 Å². The SMILES string of the molecule is COc1cccc([C@]2(CC(=O)O)CCCC[C@H]2C(=O)O)c1. The number of carboxylic acid groups (broad SMARTS) is 2. The van der Waals surface area contributed by atoms with E-state index in [1.807, 2.05) is 6.07 Å². The fraction of sp³-hybridized carbons (Fsp3) is 0.500. The summed E-state index contributed by atoms with van der Waals surface area (Å²) in [4.78, 5) is 23.0. The number of rotatable bonds is 5. The average Bonchev–Trinajstić information content (AvgIpc) is 2.47. The fourth-order valence-corrected chi connectivity index (χ4v) is 3.46. The number of methoxy groups -OCH3 is 1. The maximum absolute atomic E-state index is 11.7. The Morgan fingerprint density at radius 3 is 2.71 bits per heavy atom. The number of carboxylic acids is 2. The van der Waals surface area contributed by atoms with Crippen molar-refractivity contribution in [3.63, 3.8) is 0 Å². The van der Waals surface area contributed by atoms with Crippen LogP contribution in [0.1, 0.15) is 37.7 Å². The van der Waals surface area contributed by atoms with Crippen LogP contribution in [-0.2, 0) is 15.0 Å². The standard InChI is InChI=1S/C16H20O5/c1-21-12-6-4-5-11(9-12)16(10-14(17)18)8-3-2-7-13(16)15(19)20/h4-6,9,13H,2-3,7-8,10H2,1H3,(H,17,18)(H,19,20)/t13-,16+/m0/s1. The smallest absolute Gasteiger partial charge is 0.307 e. The molecule has 0 amide bonds. The molecule has 0 spiro atoms. The highest BCUT2D eigenvalue weighted by molar-refractivity contribution is 5.76. The van der Waals surface area contributed by atoms with E-state index in [0.29, 0.717) is 18.6 Å². The van der Waals surface area contributed by atoms with Crippen LogP contribution in [0, 0.1) is 5.92 Å². The largest absolute Gasteiger partial charge is 0.497 e. The number of aliphatic carboxylic acids is 2. The number of ether oxygens (including phenoxy) is 1. The molecule has 5 nitrogen and oxygen atoms in total. The third-order valence-electron chi connectivity index (χ3n) is 4.44. The Hall–Kier alpha value is -2.04. The normalized spacial score (nSPS) is 25.3. The third kappa shape index (κ3) is 3.01. The molecule has 0 aromatic heterocycles. The predicted octanol–water partition coefficient (Wildman–Crippen LogP) is 2.68. The molecule has 2 N–H and O–H groups in total. The monoisotopic (exact) mass is 292 g/mol. The molecule has 0 radical (unpaired) electrons. The Balaban J connectivity index is 2.53. The van der Waals surface area contributed by atoms with Gasteiger partial charge in [-0.25, -0.2) is 0 Å². The van der Waals surface area contributed by atoms with Gasteiger partial charge in [-0.05, 0) is 30.5 Å². The first-order chi connectivity index (χ1) is 9.99. The van der Waals surface area contributed by atoms with Crippen LogP contribution >= 0.6 is 0 Å². The van der Waals surface area contributed by atoms with Crippen molar-refractivity contribution >= 4 is 11.9 Å².